The van der Waals surface area contributed by atoms with Gasteiger partial charge in [0.15, 0.2) is 0 Å². The molecule has 1 aliphatic heterocycles. The van der Waals surface area contributed by atoms with Gasteiger partial charge in [0.25, 0.3) is 0 Å². The topological polar surface area (TPSA) is 38.5 Å². The second-order valence-corrected chi connectivity index (χ2v) is 6.49. The van der Waals surface area contributed by atoms with Gasteiger partial charge in [-0.3, -0.25) is 4.90 Å². The fourth-order valence-corrected chi connectivity index (χ4v) is 4.43. The summed E-state index contributed by atoms with van der Waals surface area (Å²) in [6.45, 7) is 1.85. The third-order valence-electron chi connectivity index (χ3n) is 5.41. The molecule has 3 heteroatoms. The molecule has 2 N–H and O–H groups in total. The molecule has 0 spiro atoms. The van der Waals surface area contributed by atoms with Crippen molar-refractivity contribution in [2.45, 2.75) is 50.6 Å². The van der Waals surface area contributed by atoms with Gasteiger partial charge in [0.1, 0.15) is 5.75 Å². The van der Waals surface area contributed by atoms with Crippen molar-refractivity contribution in [2.24, 2.45) is 11.7 Å². The van der Waals surface area contributed by atoms with Gasteiger partial charge in [-0.2, -0.15) is 0 Å². The predicted octanol–water partition coefficient (Wildman–Crippen LogP) is 3.35. The summed E-state index contributed by atoms with van der Waals surface area (Å²) in [4.78, 5) is 2.67. The summed E-state index contributed by atoms with van der Waals surface area (Å²) in [5.74, 6) is 1.86. The minimum atomic E-state index is 0.300. The summed E-state index contributed by atoms with van der Waals surface area (Å²) in [6.07, 6.45) is 8.30. The Bertz CT molecular complexity index is 456. The average molecular weight is 288 g/mol. The summed E-state index contributed by atoms with van der Waals surface area (Å²) in [5.41, 5.74) is 7.43. The Morgan fingerprint density at radius 1 is 1.19 bits per heavy atom. The van der Waals surface area contributed by atoms with Crippen LogP contribution in [0.1, 0.15) is 50.1 Å². The first-order chi connectivity index (χ1) is 10.3. The van der Waals surface area contributed by atoms with Crippen molar-refractivity contribution >= 4 is 0 Å². The minimum absolute atomic E-state index is 0.300. The quantitative estimate of drug-likeness (QED) is 0.903. The molecule has 2 aliphatic rings. The van der Waals surface area contributed by atoms with E-state index >= 15 is 0 Å². The van der Waals surface area contributed by atoms with Crippen LogP contribution in [0.5, 0.6) is 5.75 Å². The summed E-state index contributed by atoms with van der Waals surface area (Å²) < 4.78 is 5.57. The number of benzene rings is 1. The van der Waals surface area contributed by atoms with E-state index in [-0.39, 0.29) is 0 Å². The minimum Gasteiger partial charge on any atom is -0.496 e. The highest BCUT2D eigenvalue weighted by Gasteiger charge is 2.37. The Labute approximate surface area is 128 Å². The molecule has 116 valence electrons. The molecule has 1 saturated heterocycles. The molecule has 21 heavy (non-hydrogen) atoms. The zero-order valence-corrected chi connectivity index (χ0v) is 13.1. The van der Waals surface area contributed by atoms with Crippen LogP contribution in [0.3, 0.4) is 0 Å². The van der Waals surface area contributed by atoms with Crippen molar-refractivity contribution in [2.75, 3.05) is 20.2 Å². The number of para-hydroxylation sites is 1. The van der Waals surface area contributed by atoms with Crippen molar-refractivity contribution in [3.63, 3.8) is 0 Å². The van der Waals surface area contributed by atoms with Crippen LogP contribution in [0.4, 0.5) is 0 Å². The van der Waals surface area contributed by atoms with E-state index in [9.17, 15) is 0 Å². The molecular weight excluding hydrogens is 260 g/mol. The standard InChI is InChI=1S/C18H28N2O/c1-21-18-11-5-4-9-15(18)17(13-19)20-12-6-10-16(20)14-7-2-3-8-14/h4-5,9,11,14,16-17H,2-3,6-8,10,12-13,19H2,1H3. The van der Waals surface area contributed by atoms with Crippen molar-refractivity contribution in [3.8, 4) is 5.75 Å². The first kappa shape index (κ1) is 14.9. The van der Waals surface area contributed by atoms with Crippen LogP contribution in [0.15, 0.2) is 24.3 Å². The van der Waals surface area contributed by atoms with E-state index in [0.29, 0.717) is 12.6 Å². The summed E-state index contributed by atoms with van der Waals surface area (Å²) in [7, 11) is 1.75. The molecule has 1 aromatic rings. The highest BCUT2D eigenvalue weighted by molar-refractivity contribution is 5.36. The number of ether oxygens (including phenoxy) is 1. The van der Waals surface area contributed by atoms with E-state index in [1.807, 2.05) is 6.07 Å². The summed E-state index contributed by atoms with van der Waals surface area (Å²) in [6, 6.07) is 9.40. The number of methoxy groups -OCH3 is 1. The first-order valence-corrected chi connectivity index (χ1v) is 8.44. The molecular formula is C18H28N2O. The number of nitrogens with two attached hydrogens (primary N) is 1. The fourth-order valence-electron chi connectivity index (χ4n) is 4.43. The van der Waals surface area contributed by atoms with E-state index in [0.717, 1.165) is 17.7 Å². The van der Waals surface area contributed by atoms with Crippen LogP contribution < -0.4 is 10.5 Å². The molecule has 0 bridgehead atoms. The lowest BCUT2D eigenvalue weighted by molar-refractivity contribution is 0.136. The molecule has 1 saturated carbocycles. The second-order valence-electron chi connectivity index (χ2n) is 6.49. The second kappa shape index (κ2) is 6.80. The molecule has 0 radical (unpaired) electrons. The van der Waals surface area contributed by atoms with Crippen molar-refractivity contribution in [1.82, 2.24) is 4.90 Å². The molecule has 0 amide bonds. The Morgan fingerprint density at radius 3 is 2.67 bits per heavy atom. The SMILES string of the molecule is COc1ccccc1C(CN)N1CCCC1C1CCCC1. The lowest BCUT2D eigenvalue weighted by atomic mass is 9.93. The molecule has 1 aromatic carbocycles. The van der Waals surface area contributed by atoms with Crippen molar-refractivity contribution in [1.29, 1.82) is 0 Å². The molecule has 2 fully saturated rings. The number of nitrogens with zero attached hydrogens (tertiary/aromatic N) is 1. The average Bonchev–Trinajstić information content (AvgIpc) is 3.19. The molecule has 2 atom stereocenters. The van der Waals surface area contributed by atoms with E-state index in [1.54, 1.807) is 7.11 Å². The van der Waals surface area contributed by atoms with Gasteiger partial charge in [-0.25, -0.2) is 0 Å². The van der Waals surface area contributed by atoms with Crippen LogP contribution in [0.2, 0.25) is 0 Å². The third kappa shape index (κ3) is 2.95. The van der Waals surface area contributed by atoms with Gasteiger partial charge in [-0.1, -0.05) is 31.0 Å². The van der Waals surface area contributed by atoms with Gasteiger partial charge < -0.3 is 10.5 Å². The Hall–Kier alpha value is -1.06. The lowest BCUT2D eigenvalue weighted by Gasteiger charge is -2.36. The van der Waals surface area contributed by atoms with Crippen molar-refractivity contribution in [3.05, 3.63) is 29.8 Å². The van der Waals surface area contributed by atoms with E-state index in [4.69, 9.17) is 10.5 Å². The van der Waals surface area contributed by atoms with E-state index in [1.165, 1.54) is 50.6 Å². The summed E-state index contributed by atoms with van der Waals surface area (Å²) >= 11 is 0. The number of likely N-dealkylation sites (tertiary alicyclic amines) is 1. The molecule has 3 rings (SSSR count). The lowest BCUT2D eigenvalue weighted by Crippen LogP contribution is -2.40. The van der Waals surface area contributed by atoms with Gasteiger partial charge in [0.2, 0.25) is 0 Å². The Kier molecular flexibility index (Phi) is 4.81. The predicted molar refractivity (Wildman–Crippen MR) is 86.5 cm³/mol. The first-order valence-electron chi connectivity index (χ1n) is 8.44. The van der Waals surface area contributed by atoms with Crippen LogP contribution in [0.25, 0.3) is 0 Å². The van der Waals surface area contributed by atoms with Gasteiger partial charge in [0.05, 0.1) is 13.2 Å². The monoisotopic (exact) mass is 288 g/mol. The summed E-state index contributed by atoms with van der Waals surface area (Å²) in [5, 5.41) is 0. The van der Waals surface area contributed by atoms with Crippen LogP contribution in [0, 0.1) is 5.92 Å². The van der Waals surface area contributed by atoms with Crippen LogP contribution >= 0.6 is 0 Å². The molecule has 2 unspecified atom stereocenters. The fraction of sp³-hybridized carbons (Fsp3) is 0.667. The van der Waals surface area contributed by atoms with E-state index < -0.39 is 0 Å². The van der Waals surface area contributed by atoms with Gasteiger partial charge in [-0.15, -0.1) is 0 Å². The number of hydrogen-bond acceptors (Lipinski definition) is 3. The van der Waals surface area contributed by atoms with Crippen LogP contribution in [-0.2, 0) is 0 Å². The van der Waals surface area contributed by atoms with Crippen LogP contribution in [-0.4, -0.2) is 31.1 Å². The molecule has 1 heterocycles. The third-order valence-corrected chi connectivity index (χ3v) is 5.41. The highest BCUT2D eigenvalue weighted by atomic mass is 16.5. The maximum absolute atomic E-state index is 6.17. The maximum Gasteiger partial charge on any atom is 0.123 e. The number of rotatable bonds is 5. The van der Waals surface area contributed by atoms with Gasteiger partial charge in [0, 0.05) is 18.2 Å². The molecule has 0 aromatic heterocycles. The molecule has 3 nitrogen and oxygen atoms in total. The molecule has 1 aliphatic carbocycles. The van der Waals surface area contributed by atoms with Crippen molar-refractivity contribution < 1.29 is 4.74 Å². The van der Waals surface area contributed by atoms with E-state index in [2.05, 4.69) is 23.1 Å². The largest absolute Gasteiger partial charge is 0.496 e. The van der Waals surface area contributed by atoms with Gasteiger partial charge >= 0.3 is 0 Å². The van der Waals surface area contributed by atoms with Gasteiger partial charge in [-0.05, 0) is 44.2 Å². The Balaban J connectivity index is 1.84. The normalized spacial score (nSPS) is 25.3. The zero-order valence-electron chi connectivity index (χ0n) is 13.1. The highest BCUT2D eigenvalue weighted by Crippen LogP contribution is 2.40. The number of hydrogen-bond donors (Lipinski definition) is 1. The maximum atomic E-state index is 6.17. The zero-order chi connectivity index (χ0) is 14.7. The smallest absolute Gasteiger partial charge is 0.123 e. The Morgan fingerprint density at radius 2 is 1.95 bits per heavy atom.